The van der Waals surface area contributed by atoms with Gasteiger partial charge < -0.3 is 9.47 Å². The van der Waals surface area contributed by atoms with Gasteiger partial charge in [-0.25, -0.2) is 4.68 Å². The molecule has 6 rings (SSSR count). The molecule has 5 aromatic rings. The minimum atomic E-state index is -0.550. The quantitative estimate of drug-likeness (QED) is 0.438. The fourth-order valence-corrected chi connectivity index (χ4v) is 3.68. The van der Waals surface area contributed by atoms with Crippen LogP contribution >= 0.6 is 0 Å². The molecule has 0 saturated heterocycles. The number of fused-ring (bicyclic) bond motifs is 4. The van der Waals surface area contributed by atoms with Gasteiger partial charge in [-0.1, -0.05) is 30.3 Å². The van der Waals surface area contributed by atoms with Crippen molar-refractivity contribution in [1.82, 2.24) is 29.5 Å². The number of ether oxygens (including phenoxy) is 2. The van der Waals surface area contributed by atoms with Gasteiger partial charge in [-0.3, -0.25) is 15.0 Å². The van der Waals surface area contributed by atoms with Crippen molar-refractivity contribution >= 4 is 22.7 Å². The van der Waals surface area contributed by atoms with Gasteiger partial charge in [0.2, 0.25) is 0 Å². The number of carbonyl (C=O) groups is 1. The lowest BCUT2D eigenvalue weighted by molar-refractivity contribution is 0.101. The van der Waals surface area contributed by atoms with Crippen molar-refractivity contribution in [2.75, 3.05) is 18.6 Å². The van der Waals surface area contributed by atoms with Crippen LogP contribution in [0.4, 0.5) is 0 Å². The standard InChI is InChI=1S/C23H17N7O4/c31-21(15-7-8-17-18(13-15)34-12-4-11-33-17)28-29-10-9-16-19(22(29)32)25-26-23-24-20(27-30(16)23)14-5-2-1-3-6-14/h1-3,5-10,13H,4,11-12H2,(H,28,31). The minimum Gasteiger partial charge on any atom is -0.490 e. The lowest BCUT2D eigenvalue weighted by atomic mass is 10.2. The van der Waals surface area contributed by atoms with E-state index >= 15 is 0 Å². The molecule has 0 unspecified atom stereocenters. The fraction of sp³-hybridized carbons (Fsp3) is 0.130. The van der Waals surface area contributed by atoms with E-state index in [9.17, 15) is 9.59 Å². The topological polar surface area (TPSA) is 126 Å². The van der Waals surface area contributed by atoms with Crippen LogP contribution in [0.3, 0.4) is 0 Å². The van der Waals surface area contributed by atoms with E-state index in [1.165, 1.54) is 10.7 Å². The number of carbonyl (C=O) groups excluding carboxylic acids is 1. The van der Waals surface area contributed by atoms with Gasteiger partial charge in [-0.15, -0.1) is 15.3 Å². The van der Waals surface area contributed by atoms with Crippen LogP contribution < -0.4 is 20.5 Å². The minimum absolute atomic E-state index is 0.0403. The molecule has 1 aliphatic heterocycles. The van der Waals surface area contributed by atoms with Crippen molar-refractivity contribution in [3.8, 4) is 22.9 Å². The zero-order chi connectivity index (χ0) is 23.1. The van der Waals surface area contributed by atoms with Crippen molar-refractivity contribution in [2.24, 2.45) is 0 Å². The number of pyridine rings is 1. The molecule has 0 radical (unpaired) electrons. The van der Waals surface area contributed by atoms with E-state index in [0.29, 0.717) is 41.6 Å². The summed E-state index contributed by atoms with van der Waals surface area (Å²) in [5.74, 6) is 1.32. The van der Waals surface area contributed by atoms with E-state index in [1.54, 1.807) is 24.3 Å². The molecule has 1 aliphatic rings. The van der Waals surface area contributed by atoms with Crippen molar-refractivity contribution in [3.05, 3.63) is 76.7 Å². The number of nitrogens with one attached hydrogen (secondary N) is 1. The maximum atomic E-state index is 13.0. The third kappa shape index (κ3) is 3.39. The zero-order valence-corrected chi connectivity index (χ0v) is 17.7. The lowest BCUT2D eigenvalue weighted by Crippen LogP contribution is -2.33. The van der Waals surface area contributed by atoms with E-state index in [1.807, 2.05) is 30.3 Å². The Morgan fingerprint density at radius 2 is 1.79 bits per heavy atom. The van der Waals surface area contributed by atoms with E-state index in [-0.39, 0.29) is 11.3 Å². The summed E-state index contributed by atoms with van der Waals surface area (Å²) < 4.78 is 13.8. The van der Waals surface area contributed by atoms with Crippen molar-refractivity contribution in [3.63, 3.8) is 0 Å². The van der Waals surface area contributed by atoms with E-state index in [0.717, 1.165) is 16.7 Å². The number of benzene rings is 2. The van der Waals surface area contributed by atoms with Gasteiger partial charge in [-0.05, 0) is 24.3 Å². The summed E-state index contributed by atoms with van der Waals surface area (Å²) in [6.45, 7) is 1.06. The number of aromatic nitrogens is 6. The van der Waals surface area contributed by atoms with Crippen molar-refractivity contribution in [2.45, 2.75) is 6.42 Å². The Hall–Kier alpha value is -4.80. The maximum absolute atomic E-state index is 13.0. The molecule has 0 bridgehead atoms. The second-order valence-corrected chi connectivity index (χ2v) is 7.59. The molecule has 168 valence electrons. The Labute approximate surface area is 191 Å². The Bertz CT molecular complexity index is 1610. The molecule has 0 aliphatic carbocycles. The smallest absolute Gasteiger partial charge is 0.299 e. The molecule has 0 fully saturated rings. The van der Waals surface area contributed by atoms with Gasteiger partial charge in [0.1, 0.15) is 5.52 Å². The van der Waals surface area contributed by atoms with Crippen LogP contribution in [0.5, 0.6) is 11.5 Å². The summed E-state index contributed by atoms with van der Waals surface area (Å²) in [6, 6.07) is 15.9. The summed E-state index contributed by atoms with van der Waals surface area (Å²) in [6.07, 6.45) is 2.20. The maximum Gasteiger partial charge on any atom is 0.299 e. The summed E-state index contributed by atoms with van der Waals surface area (Å²) >= 11 is 0. The summed E-state index contributed by atoms with van der Waals surface area (Å²) in [4.78, 5) is 30.2. The molecular formula is C23H17N7O4. The molecule has 0 atom stereocenters. The van der Waals surface area contributed by atoms with Crippen LogP contribution in [0.25, 0.3) is 28.2 Å². The molecule has 4 heterocycles. The number of rotatable bonds is 3. The second kappa shape index (κ2) is 7.96. The van der Waals surface area contributed by atoms with E-state index in [4.69, 9.17) is 9.47 Å². The highest BCUT2D eigenvalue weighted by molar-refractivity contribution is 6.00. The Morgan fingerprint density at radius 1 is 0.971 bits per heavy atom. The third-order valence-corrected chi connectivity index (χ3v) is 5.37. The molecule has 11 heteroatoms. The number of hydrogen-bond acceptors (Lipinski definition) is 8. The van der Waals surface area contributed by atoms with E-state index < -0.39 is 11.5 Å². The largest absolute Gasteiger partial charge is 0.490 e. The van der Waals surface area contributed by atoms with Crippen LogP contribution in [-0.2, 0) is 0 Å². The number of amides is 1. The normalized spacial score (nSPS) is 13.1. The highest BCUT2D eigenvalue weighted by Gasteiger charge is 2.17. The zero-order valence-electron chi connectivity index (χ0n) is 17.7. The highest BCUT2D eigenvalue weighted by Crippen LogP contribution is 2.30. The predicted molar refractivity (Wildman–Crippen MR) is 122 cm³/mol. The van der Waals surface area contributed by atoms with Crippen LogP contribution in [0.1, 0.15) is 16.8 Å². The van der Waals surface area contributed by atoms with Gasteiger partial charge in [0, 0.05) is 23.7 Å². The van der Waals surface area contributed by atoms with Gasteiger partial charge in [0.15, 0.2) is 22.8 Å². The lowest BCUT2D eigenvalue weighted by Gasteiger charge is -2.11. The first-order valence-corrected chi connectivity index (χ1v) is 10.6. The number of hydrogen-bond donors (Lipinski definition) is 1. The third-order valence-electron chi connectivity index (χ3n) is 5.37. The Morgan fingerprint density at radius 3 is 2.65 bits per heavy atom. The van der Waals surface area contributed by atoms with Crippen LogP contribution in [0, 0.1) is 0 Å². The molecule has 3 aromatic heterocycles. The average Bonchev–Trinajstić information content (AvgIpc) is 3.17. The van der Waals surface area contributed by atoms with Gasteiger partial charge in [-0.2, -0.15) is 9.50 Å². The molecule has 1 amide bonds. The summed E-state index contributed by atoms with van der Waals surface area (Å²) in [5.41, 5.74) is 3.63. The molecule has 34 heavy (non-hydrogen) atoms. The molecule has 0 spiro atoms. The molecule has 0 saturated carbocycles. The molecular weight excluding hydrogens is 438 g/mol. The monoisotopic (exact) mass is 455 g/mol. The first kappa shape index (κ1) is 19.9. The molecule has 1 N–H and O–H groups in total. The first-order valence-electron chi connectivity index (χ1n) is 10.6. The Balaban J connectivity index is 1.34. The average molecular weight is 455 g/mol. The second-order valence-electron chi connectivity index (χ2n) is 7.59. The Kier molecular flexibility index (Phi) is 4.65. The predicted octanol–water partition coefficient (Wildman–Crippen LogP) is 2.05. The van der Waals surface area contributed by atoms with Crippen molar-refractivity contribution in [1.29, 1.82) is 0 Å². The number of nitrogens with zero attached hydrogens (tertiary/aromatic N) is 6. The van der Waals surface area contributed by atoms with Gasteiger partial charge >= 0.3 is 0 Å². The van der Waals surface area contributed by atoms with Gasteiger partial charge in [0.25, 0.3) is 17.2 Å². The van der Waals surface area contributed by atoms with Crippen LogP contribution in [0.2, 0.25) is 0 Å². The van der Waals surface area contributed by atoms with Crippen molar-refractivity contribution < 1.29 is 14.3 Å². The summed E-state index contributed by atoms with van der Waals surface area (Å²) in [5, 5.41) is 12.5. The highest BCUT2D eigenvalue weighted by atomic mass is 16.5. The fourth-order valence-electron chi connectivity index (χ4n) is 3.68. The van der Waals surface area contributed by atoms with Crippen LogP contribution in [0.15, 0.2) is 65.6 Å². The van der Waals surface area contributed by atoms with Gasteiger partial charge in [0.05, 0.1) is 13.2 Å². The molecule has 2 aromatic carbocycles. The molecule has 11 nitrogen and oxygen atoms in total. The summed E-state index contributed by atoms with van der Waals surface area (Å²) in [7, 11) is 0. The first-order chi connectivity index (χ1) is 16.7. The van der Waals surface area contributed by atoms with E-state index in [2.05, 4.69) is 25.7 Å². The SMILES string of the molecule is O=C(Nn1ccc2c(nnc3nc(-c4ccccc4)nn32)c1=O)c1ccc2c(c1)OCCCO2. The van der Waals surface area contributed by atoms with Crippen LogP contribution in [-0.4, -0.2) is 48.6 Å².